The van der Waals surface area contributed by atoms with Crippen LogP contribution in [0.5, 0.6) is 5.88 Å². The fraction of sp³-hybridized carbons (Fsp3) is 0.667. The number of likely N-dealkylation sites (tertiary alicyclic amines) is 1. The molecule has 0 aliphatic carbocycles. The quantitative estimate of drug-likeness (QED) is 0.830. The maximum atomic E-state index is 13.2. The topological polar surface area (TPSA) is 83.0 Å². The number of carboxylic acid groups (broad SMARTS) is 1. The molecule has 7 heteroatoms. The Morgan fingerprint density at radius 2 is 1.86 bits per heavy atom. The SMILES string of the molecule is Cc1ccc(OC2CCN(C(=O)[C@H](C(C)C)N(C(=O)O)C(C)(C)C)CC2)nc1. The number of carbonyl (C=O) groups is 2. The van der Waals surface area contributed by atoms with E-state index >= 15 is 0 Å². The summed E-state index contributed by atoms with van der Waals surface area (Å²) in [5.74, 6) is 0.355. The van der Waals surface area contributed by atoms with Gasteiger partial charge in [-0.25, -0.2) is 9.78 Å². The first-order valence-corrected chi connectivity index (χ1v) is 9.91. The molecule has 28 heavy (non-hydrogen) atoms. The number of ether oxygens (including phenoxy) is 1. The zero-order valence-corrected chi connectivity index (χ0v) is 17.8. The van der Waals surface area contributed by atoms with Crippen molar-refractivity contribution in [2.45, 2.75) is 72.1 Å². The first-order chi connectivity index (χ1) is 13.0. The fourth-order valence-electron chi connectivity index (χ4n) is 3.59. The number of aromatic nitrogens is 1. The lowest BCUT2D eigenvalue weighted by atomic mass is 9.94. The average molecular weight is 392 g/mol. The van der Waals surface area contributed by atoms with Crippen molar-refractivity contribution in [2.75, 3.05) is 13.1 Å². The predicted molar refractivity (Wildman–Crippen MR) is 107 cm³/mol. The van der Waals surface area contributed by atoms with Gasteiger partial charge in [0.15, 0.2) is 0 Å². The van der Waals surface area contributed by atoms with Crippen molar-refractivity contribution in [1.82, 2.24) is 14.8 Å². The fourth-order valence-corrected chi connectivity index (χ4v) is 3.59. The summed E-state index contributed by atoms with van der Waals surface area (Å²) in [6.45, 7) is 12.3. The molecule has 2 rings (SSSR count). The van der Waals surface area contributed by atoms with Crippen LogP contribution in [0.3, 0.4) is 0 Å². The molecule has 0 spiro atoms. The van der Waals surface area contributed by atoms with Crippen molar-refractivity contribution in [2.24, 2.45) is 5.92 Å². The molecule has 0 unspecified atom stereocenters. The zero-order chi connectivity index (χ0) is 21.1. The van der Waals surface area contributed by atoms with Gasteiger partial charge in [-0.2, -0.15) is 0 Å². The lowest BCUT2D eigenvalue weighted by Crippen LogP contribution is -2.60. The molecule has 1 atom stereocenters. The molecule has 1 N–H and O–H groups in total. The minimum absolute atomic E-state index is 0.00921. The van der Waals surface area contributed by atoms with Gasteiger partial charge < -0.3 is 14.7 Å². The van der Waals surface area contributed by atoms with Crippen LogP contribution in [0.1, 0.15) is 53.0 Å². The largest absolute Gasteiger partial charge is 0.474 e. The Bertz CT molecular complexity index is 674. The molecular formula is C21H33N3O4. The van der Waals surface area contributed by atoms with Crippen molar-refractivity contribution in [1.29, 1.82) is 0 Å². The number of aryl methyl sites for hydroxylation is 1. The molecule has 2 heterocycles. The van der Waals surface area contributed by atoms with Crippen LogP contribution in [-0.4, -0.2) is 62.7 Å². The van der Waals surface area contributed by atoms with Gasteiger partial charge in [-0.15, -0.1) is 0 Å². The van der Waals surface area contributed by atoms with Gasteiger partial charge in [-0.1, -0.05) is 19.9 Å². The Kier molecular flexibility index (Phi) is 6.91. The van der Waals surface area contributed by atoms with Crippen LogP contribution in [0.4, 0.5) is 4.79 Å². The van der Waals surface area contributed by atoms with Crippen molar-refractivity contribution >= 4 is 12.0 Å². The van der Waals surface area contributed by atoms with Gasteiger partial charge in [-0.05, 0) is 39.2 Å². The second-order valence-corrected chi connectivity index (χ2v) is 8.83. The maximum Gasteiger partial charge on any atom is 0.408 e. The minimum atomic E-state index is -1.07. The van der Waals surface area contributed by atoms with E-state index in [2.05, 4.69) is 4.98 Å². The summed E-state index contributed by atoms with van der Waals surface area (Å²) in [4.78, 5) is 32.4. The summed E-state index contributed by atoms with van der Waals surface area (Å²) < 4.78 is 5.93. The average Bonchev–Trinajstić information content (AvgIpc) is 2.60. The highest BCUT2D eigenvalue weighted by Crippen LogP contribution is 2.26. The molecule has 0 aromatic carbocycles. The highest BCUT2D eigenvalue weighted by atomic mass is 16.5. The number of piperidine rings is 1. The molecule has 0 radical (unpaired) electrons. The van der Waals surface area contributed by atoms with E-state index in [1.165, 1.54) is 4.90 Å². The standard InChI is InChI=1S/C21H33N3O4/c1-14(2)18(24(20(26)27)21(4,5)6)19(25)23-11-9-16(10-12-23)28-17-8-7-15(3)13-22-17/h7-8,13-14,16,18H,9-12H2,1-6H3,(H,26,27)/t18-/m0/s1. The molecule has 2 amide bonds. The number of nitrogens with zero attached hydrogens (tertiary/aromatic N) is 3. The van der Waals surface area contributed by atoms with Crippen LogP contribution in [0, 0.1) is 12.8 Å². The Morgan fingerprint density at radius 3 is 2.29 bits per heavy atom. The van der Waals surface area contributed by atoms with Crippen LogP contribution in [-0.2, 0) is 4.79 Å². The molecule has 7 nitrogen and oxygen atoms in total. The molecule has 0 bridgehead atoms. The lowest BCUT2D eigenvalue weighted by molar-refractivity contribution is -0.142. The van der Waals surface area contributed by atoms with Gasteiger partial charge >= 0.3 is 6.09 Å². The Hall–Kier alpha value is -2.31. The van der Waals surface area contributed by atoms with Crippen molar-refractivity contribution < 1.29 is 19.4 Å². The summed E-state index contributed by atoms with van der Waals surface area (Å²) in [7, 11) is 0. The summed E-state index contributed by atoms with van der Waals surface area (Å²) in [5.41, 5.74) is 0.420. The van der Waals surface area contributed by atoms with Crippen LogP contribution in [0.25, 0.3) is 0 Å². The molecule has 1 aromatic rings. The van der Waals surface area contributed by atoms with E-state index in [4.69, 9.17) is 4.74 Å². The molecule has 1 fully saturated rings. The van der Waals surface area contributed by atoms with Crippen molar-refractivity contribution in [3.05, 3.63) is 23.9 Å². The zero-order valence-electron chi connectivity index (χ0n) is 17.8. The molecule has 1 saturated heterocycles. The lowest BCUT2D eigenvalue weighted by Gasteiger charge is -2.43. The van der Waals surface area contributed by atoms with Gasteiger partial charge in [0.25, 0.3) is 0 Å². The second kappa shape index (κ2) is 8.80. The van der Waals surface area contributed by atoms with Crippen LogP contribution < -0.4 is 4.74 Å². The van der Waals surface area contributed by atoms with Gasteiger partial charge in [-0.3, -0.25) is 9.69 Å². The molecule has 1 aliphatic heterocycles. The van der Waals surface area contributed by atoms with E-state index in [1.54, 1.807) is 11.1 Å². The summed E-state index contributed by atoms with van der Waals surface area (Å²) in [6.07, 6.45) is 2.12. The Balaban J connectivity index is 2.03. The number of hydrogen-bond donors (Lipinski definition) is 1. The molecule has 1 aromatic heterocycles. The Morgan fingerprint density at radius 1 is 1.25 bits per heavy atom. The molecule has 1 aliphatic rings. The first-order valence-electron chi connectivity index (χ1n) is 9.91. The van der Waals surface area contributed by atoms with E-state index in [9.17, 15) is 14.7 Å². The molecule has 0 saturated carbocycles. The number of hydrogen-bond acceptors (Lipinski definition) is 4. The third-order valence-electron chi connectivity index (χ3n) is 5.02. The summed E-state index contributed by atoms with van der Waals surface area (Å²) >= 11 is 0. The normalized spacial score (nSPS) is 16.8. The van der Waals surface area contributed by atoms with Gasteiger partial charge in [0.2, 0.25) is 11.8 Å². The summed E-state index contributed by atoms with van der Waals surface area (Å²) in [6, 6.07) is 3.12. The van der Waals surface area contributed by atoms with Gasteiger partial charge in [0.05, 0.1) is 0 Å². The van der Waals surface area contributed by atoms with Crippen LogP contribution in [0.2, 0.25) is 0 Å². The van der Waals surface area contributed by atoms with Crippen molar-refractivity contribution in [3.63, 3.8) is 0 Å². The maximum absolute atomic E-state index is 13.2. The van der Waals surface area contributed by atoms with E-state index in [1.807, 2.05) is 53.7 Å². The van der Waals surface area contributed by atoms with E-state index in [0.717, 1.165) is 5.56 Å². The first kappa shape index (κ1) is 22.0. The highest BCUT2D eigenvalue weighted by Gasteiger charge is 2.41. The number of rotatable bonds is 5. The third kappa shape index (κ3) is 5.36. The molecular weight excluding hydrogens is 358 g/mol. The number of carbonyl (C=O) groups excluding carboxylic acids is 1. The smallest absolute Gasteiger partial charge is 0.408 e. The van der Waals surface area contributed by atoms with Gasteiger partial charge in [0.1, 0.15) is 12.1 Å². The van der Waals surface area contributed by atoms with E-state index in [-0.39, 0.29) is 17.9 Å². The third-order valence-corrected chi connectivity index (χ3v) is 5.02. The van der Waals surface area contributed by atoms with Crippen molar-refractivity contribution in [3.8, 4) is 5.88 Å². The molecule has 156 valence electrons. The minimum Gasteiger partial charge on any atom is -0.474 e. The van der Waals surface area contributed by atoms with Crippen LogP contribution in [0.15, 0.2) is 18.3 Å². The monoisotopic (exact) mass is 391 g/mol. The summed E-state index contributed by atoms with van der Waals surface area (Å²) in [5, 5.41) is 9.73. The number of pyridine rings is 1. The van der Waals surface area contributed by atoms with E-state index in [0.29, 0.717) is 31.8 Å². The highest BCUT2D eigenvalue weighted by molar-refractivity contribution is 5.86. The second-order valence-electron chi connectivity index (χ2n) is 8.83. The Labute approximate surface area is 167 Å². The number of amides is 2. The van der Waals surface area contributed by atoms with Gasteiger partial charge in [0, 0.05) is 43.7 Å². The van der Waals surface area contributed by atoms with E-state index < -0.39 is 17.7 Å². The van der Waals surface area contributed by atoms with Crippen LogP contribution >= 0.6 is 0 Å². The predicted octanol–water partition coefficient (Wildman–Crippen LogP) is 3.56.